The fraction of sp³-hybridized carbons (Fsp3) is 0.643. The van der Waals surface area contributed by atoms with E-state index < -0.39 is 83.5 Å². The topological polar surface area (TPSA) is 165 Å². The van der Waals surface area contributed by atoms with Crippen LogP contribution in [0.3, 0.4) is 0 Å². The fourth-order valence-electron chi connectivity index (χ4n) is 8.06. The number of carbonyl (C=O) groups is 4. The van der Waals surface area contributed by atoms with Gasteiger partial charge in [-0.2, -0.15) is 0 Å². The van der Waals surface area contributed by atoms with Crippen molar-refractivity contribution in [1.29, 1.82) is 0 Å². The molecule has 14 heteroatoms. The van der Waals surface area contributed by atoms with E-state index in [1.54, 1.807) is 71.0 Å². The van der Waals surface area contributed by atoms with Crippen molar-refractivity contribution in [3.05, 3.63) is 66.3 Å². The first-order valence-electron chi connectivity index (χ1n) is 19.5. The minimum atomic E-state index is -1.50. The molecule has 1 N–H and O–H groups in total. The van der Waals surface area contributed by atoms with Crippen LogP contribution in [0.1, 0.15) is 91.4 Å². The van der Waals surface area contributed by atoms with Gasteiger partial charge in [0.2, 0.25) is 0 Å². The number of ketones is 1. The minimum Gasteiger partial charge on any atom is -0.457 e. The number of aromatic nitrogens is 2. The second kappa shape index (κ2) is 19.0. The summed E-state index contributed by atoms with van der Waals surface area (Å²) in [5.74, 6) is -4.62. The molecule has 1 saturated heterocycles. The van der Waals surface area contributed by atoms with Crippen LogP contribution in [-0.4, -0.2) is 119 Å². The molecule has 3 heterocycles. The average molecular weight is 784 g/mol. The third-order valence-corrected chi connectivity index (χ3v) is 11.5. The molecule has 0 aliphatic carbocycles. The van der Waals surface area contributed by atoms with Crippen molar-refractivity contribution in [3.8, 4) is 0 Å². The lowest BCUT2D eigenvalue weighted by atomic mass is 9.76. The predicted molar refractivity (Wildman–Crippen MR) is 207 cm³/mol. The van der Waals surface area contributed by atoms with Crippen LogP contribution in [-0.2, 0) is 38.0 Å². The second-order valence-corrected chi connectivity index (χ2v) is 15.8. The number of likely N-dealkylation sites (N-methyl/N-ethyl adjacent to an activating group) is 1. The first-order chi connectivity index (χ1) is 26.4. The minimum absolute atomic E-state index is 0.177. The molecule has 14 nitrogen and oxygen atoms in total. The highest BCUT2D eigenvalue weighted by atomic mass is 16.7. The summed E-state index contributed by atoms with van der Waals surface area (Å²) in [7, 11) is 5.27. The van der Waals surface area contributed by atoms with Gasteiger partial charge in [-0.05, 0) is 97.2 Å². The third-order valence-electron chi connectivity index (χ3n) is 11.5. The van der Waals surface area contributed by atoms with E-state index in [-0.39, 0.29) is 31.4 Å². The zero-order valence-corrected chi connectivity index (χ0v) is 34.7. The van der Waals surface area contributed by atoms with E-state index in [1.165, 1.54) is 37.3 Å². The standard InChI is InChI=1S/C42H61N3O11/c1-12-32-42(13-2,56-40(50)45-20-19-43-24-45)23-26(4)33(46)25(3)22-41(8,51-11)36(28(6)34(47)29(7)37(48)53-32)55-39-35(31(44(9)10)21-27(5)52-39)54-38(49)30-17-15-14-16-18-30/h14-20,23-25,27-29,31-33,35-36,39,46H,12-13,21-22H2,1-11H3/b26-23+/t25-,27?,28?,29?,31?,32?,33?,35?,36-,39?,41+,42+/m1/s1. The Balaban J connectivity index is 1.80. The molecule has 56 heavy (non-hydrogen) atoms. The first-order valence-corrected chi connectivity index (χ1v) is 19.5. The number of Topliss-reactive ketones (excluding diaryl/α,β-unsaturated/α-hetero) is 1. The second-order valence-electron chi connectivity index (χ2n) is 15.8. The number of benzene rings is 1. The molecule has 2 aliphatic heterocycles. The summed E-state index contributed by atoms with van der Waals surface area (Å²) >= 11 is 0. The molecule has 12 atom stereocenters. The smallest absolute Gasteiger partial charge is 0.420 e. The average Bonchev–Trinajstić information content (AvgIpc) is 3.73. The van der Waals surface area contributed by atoms with Crippen LogP contribution in [0.4, 0.5) is 4.79 Å². The summed E-state index contributed by atoms with van der Waals surface area (Å²) in [6.07, 6.45) is 0.652. The van der Waals surface area contributed by atoms with Crippen molar-refractivity contribution < 1.29 is 52.7 Å². The number of nitrogens with zero attached hydrogens (tertiary/aromatic N) is 3. The molecular formula is C42H61N3O11. The number of methoxy groups -OCH3 is 1. The maximum absolute atomic E-state index is 14.5. The van der Waals surface area contributed by atoms with E-state index in [0.717, 1.165) is 0 Å². The monoisotopic (exact) mass is 783 g/mol. The molecule has 1 aromatic carbocycles. The van der Waals surface area contributed by atoms with Gasteiger partial charge in [0, 0.05) is 25.4 Å². The van der Waals surface area contributed by atoms with Crippen molar-refractivity contribution >= 4 is 23.8 Å². The van der Waals surface area contributed by atoms with E-state index in [9.17, 15) is 24.3 Å². The Labute approximate surface area is 330 Å². The highest BCUT2D eigenvalue weighted by Crippen LogP contribution is 2.39. The summed E-state index contributed by atoms with van der Waals surface area (Å²) in [5.41, 5.74) is -1.94. The lowest BCUT2D eigenvalue weighted by Crippen LogP contribution is -2.60. The van der Waals surface area contributed by atoms with Gasteiger partial charge >= 0.3 is 18.0 Å². The summed E-state index contributed by atoms with van der Waals surface area (Å²) < 4.78 is 39.0. The number of aliphatic hydroxyl groups excluding tert-OH is 1. The molecule has 0 amide bonds. The van der Waals surface area contributed by atoms with Crippen LogP contribution in [0.15, 0.2) is 60.7 Å². The van der Waals surface area contributed by atoms with E-state index >= 15 is 0 Å². The largest absolute Gasteiger partial charge is 0.457 e. The number of ether oxygens (including phenoxy) is 6. The molecule has 2 aromatic rings. The fourth-order valence-corrected chi connectivity index (χ4v) is 8.06. The van der Waals surface area contributed by atoms with Crippen LogP contribution in [0.5, 0.6) is 0 Å². The summed E-state index contributed by atoms with van der Waals surface area (Å²) in [6.45, 7) is 14.0. The van der Waals surface area contributed by atoms with Gasteiger partial charge in [0.05, 0.1) is 35.5 Å². The molecule has 0 bridgehead atoms. The Hall–Kier alpha value is -3.95. The maximum Gasteiger partial charge on any atom is 0.420 e. The Kier molecular flexibility index (Phi) is 15.2. The van der Waals surface area contributed by atoms with Crippen LogP contribution >= 0.6 is 0 Å². The number of hydrogen-bond acceptors (Lipinski definition) is 13. The van der Waals surface area contributed by atoms with Gasteiger partial charge in [0.1, 0.15) is 18.3 Å². The summed E-state index contributed by atoms with van der Waals surface area (Å²) in [4.78, 5) is 61.2. The predicted octanol–water partition coefficient (Wildman–Crippen LogP) is 5.61. The SMILES string of the molecule is CCC1OC(=O)C(C)C(=O)C(C)[C@@H](OC2OC(C)CC(N(C)C)C2OC(=O)c2ccccc2)[C@@](C)(OC)C[C@@H](C)C(O)/C(C)=C/[C@]1(CC)OC(=O)n1ccnc1. The molecule has 0 spiro atoms. The van der Waals surface area contributed by atoms with E-state index in [4.69, 9.17) is 28.4 Å². The number of rotatable bonds is 9. The van der Waals surface area contributed by atoms with Gasteiger partial charge < -0.3 is 38.4 Å². The highest BCUT2D eigenvalue weighted by molar-refractivity contribution is 6.00. The van der Waals surface area contributed by atoms with Gasteiger partial charge in [-0.15, -0.1) is 0 Å². The Morgan fingerprint density at radius 3 is 2.34 bits per heavy atom. The molecule has 1 aromatic heterocycles. The molecule has 0 saturated carbocycles. The van der Waals surface area contributed by atoms with E-state index in [1.807, 2.05) is 32.8 Å². The van der Waals surface area contributed by atoms with Crippen molar-refractivity contribution in [2.45, 2.75) is 135 Å². The van der Waals surface area contributed by atoms with Crippen molar-refractivity contribution in [1.82, 2.24) is 14.5 Å². The molecule has 2 aliphatic rings. The molecular weight excluding hydrogens is 722 g/mol. The number of cyclic esters (lactones) is 1. The Morgan fingerprint density at radius 2 is 1.77 bits per heavy atom. The zero-order chi connectivity index (χ0) is 41.5. The molecule has 4 rings (SSSR count). The highest BCUT2D eigenvalue weighted by Gasteiger charge is 2.51. The zero-order valence-electron chi connectivity index (χ0n) is 34.7. The van der Waals surface area contributed by atoms with Gasteiger partial charge in [0.25, 0.3) is 0 Å². The molecule has 8 unspecified atom stereocenters. The number of esters is 2. The number of carbonyl (C=O) groups excluding carboxylic acids is 4. The van der Waals surface area contributed by atoms with E-state index in [2.05, 4.69) is 4.98 Å². The van der Waals surface area contributed by atoms with Crippen molar-refractivity contribution in [2.24, 2.45) is 17.8 Å². The van der Waals surface area contributed by atoms with Crippen LogP contribution in [0, 0.1) is 17.8 Å². The van der Waals surface area contributed by atoms with Gasteiger partial charge in [0.15, 0.2) is 23.8 Å². The van der Waals surface area contributed by atoms with Crippen LogP contribution in [0.2, 0.25) is 0 Å². The Morgan fingerprint density at radius 1 is 1.09 bits per heavy atom. The number of aliphatic hydroxyl groups is 1. The van der Waals surface area contributed by atoms with Gasteiger partial charge in [-0.25, -0.2) is 19.1 Å². The summed E-state index contributed by atoms with van der Waals surface area (Å²) in [6, 6.07) is 8.31. The van der Waals surface area contributed by atoms with Gasteiger partial charge in [-0.3, -0.25) is 9.59 Å². The Bertz CT molecular complexity index is 1670. The van der Waals surface area contributed by atoms with Crippen molar-refractivity contribution in [2.75, 3.05) is 21.2 Å². The normalized spacial score (nSPS) is 35.8. The number of imidazole rings is 1. The lowest BCUT2D eigenvalue weighted by Gasteiger charge is -2.47. The quantitative estimate of drug-likeness (QED) is 0.145. The van der Waals surface area contributed by atoms with Gasteiger partial charge in [-0.1, -0.05) is 45.9 Å². The molecule has 1 fully saturated rings. The lowest BCUT2D eigenvalue weighted by molar-refractivity contribution is -0.295. The van der Waals surface area contributed by atoms with E-state index in [0.29, 0.717) is 17.6 Å². The van der Waals surface area contributed by atoms with Crippen LogP contribution in [0.25, 0.3) is 0 Å². The summed E-state index contributed by atoms with van der Waals surface area (Å²) in [5, 5.41) is 11.9. The first kappa shape index (κ1) is 44.8. The maximum atomic E-state index is 14.5. The number of hydrogen-bond donors (Lipinski definition) is 1. The third kappa shape index (κ3) is 9.94. The molecule has 310 valence electrons. The van der Waals surface area contributed by atoms with Crippen LogP contribution < -0.4 is 0 Å². The van der Waals surface area contributed by atoms with Crippen molar-refractivity contribution in [3.63, 3.8) is 0 Å². The molecule has 0 radical (unpaired) electrons.